The second-order valence-corrected chi connectivity index (χ2v) is 10.8. The van der Waals surface area contributed by atoms with Crippen LogP contribution in [0.25, 0.3) is 33.3 Å². The Morgan fingerprint density at radius 1 is 1.02 bits per heavy atom. The van der Waals surface area contributed by atoms with Crippen molar-refractivity contribution in [3.8, 4) is 17.0 Å². The van der Waals surface area contributed by atoms with Gasteiger partial charge in [-0.1, -0.05) is 24.3 Å². The lowest BCUT2D eigenvalue weighted by atomic mass is 9.90. The molecule has 0 unspecified atom stereocenters. The molecule has 7 rings (SSSR count). The van der Waals surface area contributed by atoms with E-state index < -0.39 is 0 Å². The first kappa shape index (κ1) is 25.0. The first-order valence-electron chi connectivity index (χ1n) is 14.1. The highest BCUT2D eigenvalue weighted by Crippen LogP contribution is 2.37. The number of nitrogens with zero attached hydrogens (tertiary/aromatic N) is 6. The number of anilines is 1. The van der Waals surface area contributed by atoms with Crippen LogP contribution in [-0.2, 0) is 11.2 Å². The number of fused-ring (bicyclic) bond motifs is 2. The smallest absolute Gasteiger partial charge is 0.164 e. The maximum Gasteiger partial charge on any atom is 0.164 e. The highest BCUT2D eigenvalue weighted by atomic mass is 16.5. The molecule has 40 heavy (non-hydrogen) atoms. The Kier molecular flexibility index (Phi) is 6.57. The van der Waals surface area contributed by atoms with Gasteiger partial charge in [-0.3, -0.25) is 4.90 Å². The van der Waals surface area contributed by atoms with E-state index in [0.717, 1.165) is 102 Å². The molecule has 10 nitrogen and oxygen atoms in total. The summed E-state index contributed by atoms with van der Waals surface area (Å²) in [5, 5.41) is 5.95. The number of ether oxygens (including phenoxy) is 2. The van der Waals surface area contributed by atoms with Crippen molar-refractivity contribution in [2.45, 2.75) is 44.2 Å². The number of aromatic nitrogens is 6. The van der Waals surface area contributed by atoms with Crippen molar-refractivity contribution in [2.75, 3.05) is 39.1 Å². The summed E-state index contributed by atoms with van der Waals surface area (Å²) in [6.07, 6.45) is 6.62. The van der Waals surface area contributed by atoms with Gasteiger partial charge in [-0.25, -0.2) is 19.6 Å². The molecule has 2 aliphatic rings. The normalized spacial score (nSPS) is 20.3. The fourth-order valence-electron chi connectivity index (χ4n) is 6.39. The van der Waals surface area contributed by atoms with Crippen molar-refractivity contribution in [1.82, 2.24) is 34.6 Å². The molecular weight excluding hydrogens is 504 g/mol. The minimum atomic E-state index is 0.284. The quantitative estimate of drug-likeness (QED) is 0.327. The summed E-state index contributed by atoms with van der Waals surface area (Å²) in [5.41, 5.74) is 12.0. The minimum Gasteiger partial charge on any atom is -0.496 e. The van der Waals surface area contributed by atoms with Crippen LogP contribution in [0.15, 0.2) is 48.8 Å². The summed E-state index contributed by atoms with van der Waals surface area (Å²) in [5.74, 6) is 2.19. The van der Waals surface area contributed by atoms with Gasteiger partial charge in [-0.2, -0.15) is 5.10 Å². The van der Waals surface area contributed by atoms with Gasteiger partial charge in [-0.05, 0) is 43.9 Å². The first-order valence-corrected chi connectivity index (χ1v) is 14.1. The van der Waals surface area contributed by atoms with Gasteiger partial charge in [0.2, 0.25) is 0 Å². The number of nitrogens with two attached hydrogens (primary N) is 1. The second kappa shape index (κ2) is 10.5. The van der Waals surface area contributed by atoms with E-state index >= 15 is 0 Å². The summed E-state index contributed by atoms with van der Waals surface area (Å²) in [6, 6.07) is 15.1. The van der Waals surface area contributed by atoms with Gasteiger partial charge in [0.15, 0.2) is 5.65 Å². The van der Waals surface area contributed by atoms with Gasteiger partial charge in [-0.15, -0.1) is 0 Å². The maximum atomic E-state index is 6.43. The third kappa shape index (κ3) is 4.56. The van der Waals surface area contributed by atoms with E-state index in [1.165, 1.54) is 0 Å². The molecule has 0 spiro atoms. The third-order valence-electron chi connectivity index (χ3n) is 8.45. The minimum absolute atomic E-state index is 0.284. The molecule has 2 fully saturated rings. The number of morpholine rings is 1. The number of rotatable bonds is 6. The lowest BCUT2D eigenvalue weighted by Gasteiger charge is -2.38. The van der Waals surface area contributed by atoms with Crippen LogP contribution in [0.3, 0.4) is 0 Å². The molecular formula is C30H34N8O2. The van der Waals surface area contributed by atoms with Gasteiger partial charge in [0.25, 0.3) is 0 Å². The number of H-pyrrole nitrogens is 1. The number of para-hydroxylation sites is 1. The van der Waals surface area contributed by atoms with E-state index in [1.54, 1.807) is 13.4 Å². The Morgan fingerprint density at radius 2 is 1.82 bits per heavy atom. The van der Waals surface area contributed by atoms with Gasteiger partial charge < -0.3 is 20.2 Å². The van der Waals surface area contributed by atoms with Crippen LogP contribution in [0.1, 0.15) is 43.1 Å². The molecule has 1 aliphatic carbocycles. The van der Waals surface area contributed by atoms with Gasteiger partial charge in [0.05, 0.1) is 42.8 Å². The fraction of sp³-hybridized carbons (Fsp3) is 0.400. The second-order valence-electron chi connectivity index (χ2n) is 10.8. The summed E-state index contributed by atoms with van der Waals surface area (Å²) in [6.45, 7) is 3.74. The van der Waals surface area contributed by atoms with Crippen molar-refractivity contribution in [3.63, 3.8) is 0 Å². The van der Waals surface area contributed by atoms with E-state index in [2.05, 4.69) is 42.7 Å². The van der Waals surface area contributed by atoms with Crippen LogP contribution in [0.4, 0.5) is 5.82 Å². The highest BCUT2D eigenvalue weighted by Gasteiger charge is 2.30. The van der Waals surface area contributed by atoms with Gasteiger partial charge >= 0.3 is 0 Å². The average Bonchev–Trinajstić information content (AvgIpc) is 3.59. The van der Waals surface area contributed by atoms with E-state index in [9.17, 15) is 0 Å². The Balaban J connectivity index is 1.19. The molecule has 5 aromatic rings. The van der Waals surface area contributed by atoms with Crippen molar-refractivity contribution in [3.05, 3.63) is 60.2 Å². The summed E-state index contributed by atoms with van der Waals surface area (Å²) < 4.78 is 13.2. The number of aromatic amines is 1. The van der Waals surface area contributed by atoms with Gasteiger partial charge in [0.1, 0.15) is 29.4 Å². The fourth-order valence-corrected chi connectivity index (χ4v) is 6.39. The number of hydrogen-bond acceptors (Lipinski definition) is 8. The summed E-state index contributed by atoms with van der Waals surface area (Å²) in [7, 11) is 1.69. The van der Waals surface area contributed by atoms with Crippen LogP contribution in [0, 0.1) is 0 Å². The zero-order valence-corrected chi connectivity index (χ0v) is 22.7. The molecule has 0 radical (unpaired) electrons. The Morgan fingerprint density at radius 3 is 2.65 bits per heavy atom. The molecule has 1 saturated heterocycles. The Bertz CT molecular complexity index is 1650. The van der Waals surface area contributed by atoms with Crippen LogP contribution in [0.5, 0.6) is 5.75 Å². The number of methoxy groups -OCH3 is 1. The van der Waals surface area contributed by atoms with E-state index in [0.29, 0.717) is 18.3 Å². The standard InChI is InChI=1S/C30H34N8O2/c1-39-25-5-3-2-4-19(25)17-26-34-23-11-6-20(16-24(23)35-26)28-27-29(31)32-18-33-30(27)38(36-28)22-9-7-21(8-10-22)37-12-14-40-15-13-37/h2-6,11,16,18,21-22H,7-10,12-15,17H2,1H3,(H,34,35)(H2,31,32,33). The summed E-state index contributed by atoms with van der Waals surface area (Å²) >= 11 is 0. The topological polar surface area (TPSA) is 120 Å². The highest BCUT2D eigenvalue weighted by molar-refractivity contribution is 5.99. The molecule has 3 N–H and O–H groups in total. The Labute approximate surface area is 232 Å². The van der Waals surface area contributed by atoms with Crippen LogP contribution in [0.2, 0.25) is 0 Å². The van der Waals surface area contributed by atoms with Gasteiger partial charge in [0, 0.05) is 36.7 Å². The predicted molar refractivity (Wildman–Crippen MR) is 154 cm³/mol. The number of imidazole rings is 1. The number of benzene rings is 2. The zero-order valence-electron chi connectivity index (χ0n) is 22.7. The Hall–Kier alpha value is -4.02. The number of nitrogen functional groups attached to an aromatic ring is 1. The maximum absolute atomic E-state index is 6.43. The lowest BCUT2D eigenvalue weighted by molar-refractivity contribution is 0.00520. The molecule has 1 saturated carbocycles. The first-order chi connectivity index (χ1) is 19.7. The lowest BCUT2D eigenvalue weighted by Crippen LogP contribution is -2.45. The molecule has 2 aromatic carbocycles. The molecule has 206 valence electrons. The van der Waals surface area contributed by atoms with E-state index in [4.69, 9.17) is 25.3 Å². The molecule has 3 aromatic heterocycles. The van der Waals surface area contributed by atoms with Crippen LogP contribution in [-0.4, -0.2) is 74.1 Å². The zero-order chi connectivity index (χ0) is 27.1. The molecule has 10 heteroatoms. The molecule has 1 aliphatic heterocycles. The number of hydrogen-bond donors (Lipinski definition) is 2. The molecule has 0 atom stereocenters. The van der Waals surface area contributed by atoms with Crippen molar-refractivity contribution in [2.24, 2.45) is 0 Å². The van der Waals surface area contributed by atoms with Crippen molar-refractivity contribution in [1.29, 1.82) is 0 Å². The van der Waals surface area contributed by atoms with Crippen molar-refractivity contribution < 1.29 is 9.47 Å². The SMILES string of the molecule is COc1ccccc1Cc1nc2ccc(-c3nn(C4CCC(N5CCOCC5)CC4)c4ncnc(N)c34)cc2[nH]1. The summed E-state index contributed by atoms with van der Waals surface area (Å²) in [4.78, 5) is 19.9. The van der Waals surface area contributed by atoms with Crippen molar-refractivity contribution >= 4 is 27.9 Å². The average molecular weight is 539 g/mol. The largest absolute Gasteiger partial charge is 0.496 e. The third-order valence-corrected chi connectivity index (χ3v) is 8.45. The molecule has 0 amide bonds. The van der Waals surface area contributed by atoms with E-state index in [-0.39, 0.29) is 6.04 Å². The number of nitrogens with one attached hydrogen (secondary N) is 1. The van der Waals surface area contributed by atoms with Crippen LogP contribution < -0.4 is 10.5 Å². The monoisotopic (exact) mass is 538 g/mol. The van der Waals surface area contributed by atoms with E-state index in [1.807, 2.05) is 24.3 Å². The molecule has 0 bridgehead atoms. The molecule has 4 heterocycles. The predicted octanol–water partition coefficient (Wildman–Crippen LogP) is 4.37. The van der Waals surface area contributed by atoms with Crippen LogP contribution >= 0.6 is 0 Å².